The van der Waals surface area contributed by atoms with E-state index in [2.05, 4.69) is 27.1 Å². The van der Waals surface area contributed by atoms with Gasteiger partial charge in [0, 0.05) is 24.8 Å². The monoisotopic (exact) mass is 298 g/mol. The summed E-state index contributed by atoms with van der Waals surface area (Å²) in [6.07, 6.45) is 4.16. The molecule has 22 heavy (non-hydrogen) atoms. The fourth-order valence-corrected chi connectivity index (χ4v) is 2.81. The molecular weight excluding hydrogens is 276 g/mol. The second-order valence-electron chi connectivity index (χ2n) is 5.81. The van der Waals surface area contributed by atoms with Gasteiger partial charge in [0.05, 0.1) is 7.11 Å². The minimum atomic E-state index is 0.724. The summed E-state index contributed by atoms with van der Waals surface area (Å²) in [7, 11) is 1.67. The highest BCUT2D eigenvalue weighted by Crippen LogP contribution is 2.24. The van der Waals surface area contributed by atoms with Crippen molar-refractivity contribution in [2.45, 2.75) is 19.8 Å². The van der Waals surface area contributed by atoms with Crippen LogP contribution in [0.1, 0.15) is 19.8 Å². The zero-order valence-electron chi connectivity index (χ0n) is 13.1. The maximum absolute atomic E-state index is 5.17. The average molecular weight is 298 g/mol. The van der Waals surface area contributed by atoms with E-state index in [0.29, 0.717) is 0 Å². The van der Waals surface area contributed by atoms with Gasteiger partial charge in [-0.15, -0.1) is 0 Å². The topological polar surface area (TPSA) is 50.3 Å². The Morgan fingerprint density at radius 1 is 1.23 bits per heavy atom. The molecule has 2 heterocycles. The van der Waals surface area contributed by atoms with Gasteiger partial charge in [0.15, 0.2) is 0 Å². The molecule has 1 unspecified atom stereocenters. The largest absolute Gasteiger partial charge is 0.497 e. The molecule has 5 heteroatoms. The van der Waals surface area contributed by atoms with Crippen LogP contribution in [0.3, 0.4) is 0 Å². The number of ether oxygens (including phenoxy) is 1. The molecule has 3 rings (SSSR count). The molecule has 0 aliphatic carbocycles. The summed E-state index contributed by atoms with van der Waals surface area (Å²) in [5, 5.41) is 3.31. The van der Waals surface area contributed by atoms with E-state index in [1.807, 2.05) is 30.3 Å². The molecule has 1 fully saturated rings. The Bertz CT molecular complexity index is 614. The average Bonchev–Trinajstić information content (AvgIpc) is 2.56. The van der Waals surface area contributed by atoms with Gasteiger partial charge in [-0.2, -0.15) is 0 Å². The van der Waals surface area contributed by atoms with E-state index in [0.717, 1.165) is 42.1 Å². The Balaban J connectivity index is 1.72. The molecule has 0 radical (unpaired) electrons. The van der Waals surface area contributed by atoms with E-state index in [9.17, 15) is 0 Å². The number of aromatic nitrogens is 2. The highest BCUT2D eigenvalue weighted by atomic mass is 16.5. The number of rotatable bonds is 4. The third-order valence-corrected chi connectivity index (χ3v) is 4.00. The molecule has 0 spiro atoms. The lowest BCUT2D eigenvalue weighted by molar-refractivity contribution is 0.415. The normalized spacial score (nSPS) is 18.1. The van der Waals surface area contributed by atoms with Crippen LogP contribution in [0, 0.1) is 5.92 Å². The fourth-order valence-electron chi connectivity index (χ4n) is 2.81. The third-order valence-electron chi connectivity index (χ3n) is 4.00. The van der Waals surface area contributed by atoms with Crippen LogP contribution < -0.4 is 15.0 Å². The second-order valence-corrected chi connectivity index (χ2v) is 5.81. The summed E-state index contributed by atoms with van der Waals surface area (Å²) in [4.78, 5) is 11.1. The number of hydrogen-bond acceptors (Lipinski definition) is 5. The highest BCUT2D eigenvalue weighted by Gasteiger charge is 2.17. The van der Waals surface area contributed by atoms with Gasteiger partial charge < -0.3 is 15.0 Å². The number of nitrogens with zero attached hydrogens (tertiary/aromatic N) is 3. The predicted octanol–water partition coefficient (Wildman–Crippen LogP) is 3.47. The van der Waals surface area contributed by atoms with Crippen molar-refractivity contribution in [3.8, 4) is 5.75 Å². The molecule has 1 aromatic carbocycles. The zero-order chi connectivity index (χ0) is 15.4. The van der Waals surface area contributed by atoms with E-state index in [1.165, 1.54) is 12.8 Å². The van der Waals surface area contributed by atoms with Gasteiger partial charge in [-0.1, -0.05) is 6.92 Å². The van der Waals surface area contributed by atoms with E-state index >= 15 is 0 Å². The summed E-state index contributed by atoms with van der Waals surface area (Å²) in [6, 6.07) is 9.82. The molecule has 1 atom stereocenters. The van der Waals surface area contributed by atoms with Crippen molar-refractivity contribution in [3.05, 3.63) is 36.7 Å². The lowest BCUT2D eigenvalue weighted by Gasteiger charge is -2.31. The van der Waals surface area contributed by atoms with E-state index in [1.54, 1.807) is 13.4 Å². The third kappa shape index (κ3) is 3.47. The number of anilines is 3. The Morgan fingerprint density at radius 3 is 2.77 bits per heavy atom. The molecular formula is C17H22N4O. The van der Waals surface area contributed by atoms with Gasteiger partial charge in [-0.25, -0.2) is 9.97 Å². The van der Waals surface area contributed by atoms with Crippen LogP contribution in [-0.2, 0) is 0 Å². The van der Waals surface area contributed by atoms with Crippen molar-refractivity contribution in [2.24, 2.45) is 5.92 Å². The lowest BCUT2D eigenvalue weighted by Crippen LogP contribution is -2.34. The van der Waals surface area contributed by atoms with Gasteiger partial charge in [-0.3, -0.25) is 0 Å². The van der Waals surface area contributed by atoms with Crippen LogP contribution in [0.15, 0.2) is 36.7 Å². The van der Waals surface area contributed by atoms with Crippen molar-refractivity contribution in [3.63, 3.8) is 0 Å². The zero-order valence-corrected chi connectivity index (χ0v) is 13.1. The first-order valence-corrected chi connectivity index (χ1v) is 7.72. The molecule has 0 bridgehead atoms. The lowest BCUT2D eigenvalue weighted by atomic mass is 10.0. The molecule has 1 aliphatic heterocycles. The Hall–Kier alpha value is -2.30. The van der Waals surface area contributed by atoms with E-state index < -0.39 is 0 Å². The molecule has 116 valence electrons. The van der Waals surface area contributed by atoms with E-state index in [-0.39, 0.29) is 0 Å². The summed E-state index contributed by atoms with van der Waals surface area (Å²) >= 11 is 0. The van der Waals surface area contributed by atoms with E-state index in [4.69, 9.17) is 4.74 Å². The first-order valence-electron chi connectivity index (χ1n) is 7.72. The van der Waals surface area contributed by atoms with Crippen LogP contribution in [0.4, 0.5) is 17.3 Å². The summed E-state index contributed by atoms with van der Waals surface area (Å²) in [6.45, 7) is 4.44. The second kappa shape index (κ2) is 6.64. The molecule has 1 saturated heterocycles. The van der Waals surface area contributed by atoms with Crippen LogP contribution in [0.25, 0.3) is 0 Å². The van der Waals surface area contributed by atoms with Crippen LogP contribution in [-0.4, -0.2) is 30.2 Å². The van der Waals surface area contributed by atoms with Crippen molar-refractivity contribution >= 4 is 17.3 Å². The first kappa shape index (κ1) is 14.6. The fraction of sp³-hybridized carbons (Fsp3) is 0.412. The number of piperidine rings is 1. The molecule has 0 saturated carbocycles. The number of methoxy groups -OCH3 is 1. The number of hydrogen-bond donors (Lipinski definition) is 1. The molecule has 1 aromatic heterocycles. The van der Waals surface area contributed by atoms with Gasteiger partial charge >= 0.3 is 0 Å². The van der Waals surface area contributed by atoms with Crippen LogP contribution in [0.5, 0.6) is 5.75 Å². The standard InChI is InChI=1S/C17H22N4O/c1-13-4-3-9-21(11-13)17-10-16(18-12-19-17)20-14-5-7-15(22-2)8-6-14/h5-8,10,12-13H,3-4,9,11H2,1-2H3,(H,18,19,20). The Labute approximate surface area is 131 Å². The summed E-state index contributed by atoms with van der Waals surface area (Å²) < 4.78 is 5.17. The van der Waals surface area contributed by atoms with Gasteiger partial charge in [0.1, 0.15) is 23.7 Å². The molecule has 2 aromatic rings. The number of nitrogens with one attached hydrogen (secondary N) is 1. The predicted molar refractivity (Wildman–Crippen MR) is 88.9 cm³/mol. The maximum Gasteiger partial charge on any atom is 0.135 e. The smallest absolute Gasteiger partial charge is 0.135 e. The summed E-state index contributed by atoms with van der Waals surface area (Å²) in [5.41, 5.74) is 0.984. The quantitative estimate of drug-likeness (QED) is 0.936. The Kier molecular flexibility index (Phi) is 4.42. The van der Waals surface area contributed by atoms with Gasteiger partial charge in [0.2, 0.25) is 0 Å². The van der Waals surface area contributed by atoms with Crippen molar-refractivity contribution in [2.75, 3.05) is 30.4 Å². The summed E-state index contributed by atoms with van der Waals surface area (Å²) in [5.74, 6) is 3.38. The molecule has 5 nitrogen and oxygen atoms in total. The van der Waals surface area contributed by atoms with Crippen molar-refractivity contribution in [1.29, 1.82) is 0 Å². The number of benzene rings is 1. The molecule has 1 aliphatic rings. The SMILES string of the molecule is COc1ccc(Nc2cc(N3CCCC(C)C3)ncn2)cc1. The van der Waals surface area contributed by atoms with Crippen LogP contribution in [0.2, 0.25) is 0 Å². The van der Waals surface area contributed by atoms with Crippen molar-refractivity contribution < 1.29 is 4.74 Å². The van der Waals surface area contributed by atoms with Gasteiger partial charge in [0.25, 0.3) is 0 Å². The maximum atomic E-state index is 5.17. The highest BCUT2D eigenvalue weighted by molar-refractivity contribution is 5.60. The Morgan fingerprint density at radius 2 is 2.05 bits per heavy atom. The molecule has 0 amide bonds. The first-order chi connectivity index (χ1) is 10.7. The van der Waals surface area contributed by atoms with Gasteiger partial charge in [-0.05, 0) is 43.0 Å². The minimum absolute atomic E-state index is 0.724. The minimum Gasteiger partial charge on any atom is -0.497 e. The van der Waals surface area contributed by atoms with Crippen molar-refractivity contribution in [1.82, 2.24) is 9.97 Å². The van der Waals surface area contributed by atoms with Crippen LogP contribution >= 0.6 is 0 Å². The molecule has 1 N–H and O–H groups in total.